The standard InChI is InChI=1S/C21H32N4O.HI/c1-4-22-20(25-13-12-21(15-25)10-5-11-21)23-14-17-6-8-18(9-7-17)24-19(26)16(2)3;/h6-9,16H,4-5,10-15H2,1-3H3,(H,22,23)(H,24,26);1H. The maximum atomic E-state index is 11.8. The van der Waals surface area contributed by atoms with E-state index < -0.39 is 0 Å². The number of hydrogen-bond acceptors (Lipinski definition) is 2. The van der Waals surface area contributed by atoms with Crippen molar-refractivity contribution in [1.82, 2.24) is 10.2 Å². The molecule has 0 radical (unpaired) electrons. The monoisotopic (exact) mass is 484 g/mol. The molecule has 2 N–H and O–H groups in total. The highest BCUT2D eigenvalue weighted by molar-refractivity contribution is 14.0. The van der Waals surface area contributed by atoms with E-state index in [1.54, 1.807) is 0 Å². The van der Waals surface area contributed by atoms with Gasteiger partial charge in [-0.25, -0.2) is 4.99 Å². The van der Waals surface area contributed by atoms with Gasteiger partial charge in [0.25, 0.3) is 0 Å². The van der Waals surface area contributed by atoms with Crippen molar-refractivity contribution in [3.8, 4) is 0 Å². The van der Waals surface area contributed by atoms with Gasteiger partial charge in [-0.3, -0.25) is 4.79 Å². The number of halogens is 1. The molecule has 1 saturated carbocycles. The van der Waals surface area contributed by atoms with E-state index in [0.29, 0.717) is 12.0 Å². The molecule has 1 heterocycles. The first-order valence-electron chi connectivity index (χ1n) is 9.94. The predicted molar refractivity (Wildman–Crippen MR) is 123 cm³/mol. The molecule has 0 bridgehead atoms. The van der Waals surface area contributed by atoms with Crippen molar-refractivity contribution >= 4 is 41.5 Å². The zero-order chi connectivity index (χ0) is 18.6. The average Bonchev–Trinajstić information content (AvgIpc) is 3.06. The highest BCUT2D eigenvalue weighted by Gasteiger charge is 2.43. The number of hydrogen-bond donors (Lipinski definition) is 2. The molecule has 1 aromatic carbocycles. The molecule has 150 valence electrons. The van der Waals surface area contributed by atoms with Gasteiger partial charge in [0.15, 0.2) is 5.96 Å². The number of carbonyl (C=O) groups excluding carboxylic acids is 1. The van der Waals surface area contributed by atoms with Crippen LogP contribution >= 0.6 is 24.0 Å². The fourth-order valence-corrected chi connectivity index (χ4v) is 3.77. The topological polar surface area (TPSA) is 56.7 Å². The van der Waals surface area contributed by atoms with Gasteiger partial charge >= 0.3 is 0 Å². The maximum Gasteiger partial charge on any atom is 0.226 e. The van der Waals surface area contributed by atoms with E-state index in [0.717, 1.165) is 36.8 Å². The lowest BCUT2D eigenvalue weighted by Crippen LogP contribution is -2.42. The van der Waals surface area contributed by atoms with E-state index in [-0.39, 0.29) is 35.8 Å². The van der Waals surface area contributed by atoms with E-state index in [2.05, 4.69) is 22.5 Å². The molecule has 5 nitrogen and oxygen atoms in total. The quantitative estimate of drug-likeness (QED) is 0.374. The molecule has 0 aromatic heterocycles. The van der Waals surface area contributed by atoms with Crippen LogP contribution in [-0.2, 0) is 11.3 Å². The molecule has 1 aliphatic heterocycles. The maximum absolute atomic E-state index is 11.8. The molecule has 0 unspecified atom stereocenters. The minimum atomic E-state index is -0.0126. The van der Waals surface area contributed by atoms with Crippen molar-refractivity contribution in [2.75, 3.05) is 25.0 Å². The van der Waals surface area contributed by atoms with Crippen LogP contribution in [0.3, 0.4) is 0 Å². The second-order valence-corrected chi connectivity index (χ2v) is 8.04. The number of nitrogens with zero attached hydrogens (tertiary/aromatic N) is 2. The molecule has 27 heavy (non-hydrogen) atoms. The first-order valence-corrected chi connectivity index (χ1v) is 9.94. The van der Waals surface area contributed by atoms with Crippen LogP contribution in [0.15, 0.2) is 29.3 Å². The number of benzene rings is 1. The molecule has 1 spiro atoms. The van der Waals surface area contributed by atoms with Crippen molar-refractivity contribution in [3.05, 3.63) is 29.8 Å². The van der Waals surface area contributed by atoms with E-state index in [9.17, 15) is 4.79 Å². The summed E-state index contributed by atoms with van der Waals surface area (Å²) >= 11 is 0. The number of carbonyl (C=O) groups is 1. The van der Waals surface area contributed by atoms with Crippen molar-refractivity contribution in [3.63, 3.8) is 0 Å². The van der Waals surface area contributed by atoms with Gasteiger partial charge in [0.1, 0.15) is 0 Å². The largest absolute Gasteiger partial charge is 0.357 e. The number of anilines is 1. The van der Waals surface area contributed by atoms with Gasteiger partial charge in [-0.05, 0) is 49.3 Å². The Balaban J connectivity index is 0.00000261. The molecule has 1 saturated heterocycles. The second-order valence-electron chi connectivity index (χ2n) is 8.04. The lowest BCUT2D eigenvalue weighted by Gasteiger charge is -2.38. The first-order chi connectivity index (χ1) is 12.5. The van der Waals surface area contributed by atoms with E-state index in [1.165, 1.54) is 25.7 Å². The number of likely N-dealkylation sites (tertiary alicyclic amines) is 1. The summed E-state index contributed by atoms with van der Waals surface area (Å²) in [5.41, 5.74) is 2.57. The summed E-state index contributed by atoms with van der Waals surface area (Å²) < 4.78 is 0. The van der Waals surface area contributed by atoms with Crippen LogP contribution in [-0.4, -0.2) is 36.4 Å². The summed E-state index contributed by atoms with van der Waals surface area (Å²) in [5.74, 6) is 1.07. The van der Waals surface area contributed by atoms with Crippen molar-refractivity contribution < 1.29 is 4.79 Å². The Hall–Kier alpha value is -1.31. The predicted octanol–water partition coefficient (Wildman–Crippen LogP) is 4.24. The molecular weight excluding hydrogens is 451 g/mol. The summed E-state index contributed by atoms with van der Waals surface area (Å²) in [5, 5.41) is 6.37. The van der Waals surface area contributed by atoms with E-state index in [4.69, 9.17) is 4.99 Å². The third-order valence-electron chi connectivity index (χ3n) is 5.64. The van der Waals surface area contributed by atoms with Gasteiger partial charge in [0.05, 0.1) is 6.54 Å². The Labute approximate surface area is 180 Å². The van der Waals surface area contributed by atoms with Crippen molar-refractivity contribution in [2.24, 2.45) is 16.3 Å². The Morgan fingerprint density at radius 2 is 1.93 bits per heavy atom. The lowest BCUT2D eigenvalue weighted by atomic mass is 9.68. The molecule has 6 heteroatoms. The van der Waals surface area contributed by atoms with Gasteiger partial charge in [-0.1, -0.05) is 32.4 Å². The van der Waals surface area contributed by atoms with Crippen LogP contribution in [0.25, 0.3) is 0 Å². The van der Waals surface area contributed by atoms with Crippen LogP contribution in [0, 0.1) is 11.3 Å². The number of guanidine groups is 1. The third-order valence-corrected chi connectivity index (χ3v) is 5.64. The van der Waals surface area contributed by atoms with Crippen LogP contribution in [0.4, 0.5) is 5.69 Å². The van der Waals surface area contributed by atoms with Crippen molar-refractivity contribution in [1.29, 1.82) is 0 Å². The Kier molecular flexibility index (Phi) is 7.94. The molecule has 3 rings (SSSR count). The Morgan fingerprint density at radius 1 is 1.22 bits per heavy atom. The van der Waals surface area contributed by atoms with Crippen LogP contribution < -0.4 is 10.6 Å². The Morgan fingerprint density at radius 3 is 2.44 bits per heavy atom. The first kappa shape index (κ1) is 22.0. The summed E-state index contributed by atoms with van der Waals surface area (Å²) in [7, 11) is 0. The highest BCUT2D eigenvalue weighted by Crippen LogP contribution is 2.47. The molecule has 1 aliphatic carbocycles. The summed E-state index contributed by atoms with van der Waals surface area (Å²) in [4.78, 5) is 19.0. The molecule has 0 atom stereocenters. The number of aliphatic imine (C=N–C) groups is 1. The lowest BCUT2D eigenvalue weighted by molar-refractivity contribution is -0.118. The average molecular weight is 484 g/mol. The van der Waals surface area contributed by atoms with E-state index >= 15 is 0 Å². The molecule has 2 fully saturated rings. The van der Waals surface area contributed by atoms with Gasteiger partial charge in [-0.15, -0.1) is 24.0 Å². The van der Waals surface area contributed by atoms with Crippen LogP contribution in [0.1, 0.15) is 52.0 Å². The third kappa shape index (κ3) is 5.59. The van der Waals surface area contributed by atoms with Gasteiger partial charge in [-0.2, -0.15) is 0 Å². The molecule has 1 amide bonds. The SMILES string of the molecule is CCNC(=NCc1ccc(NC(=O)C(C)C)cc1)N1CCC2(CCC2)C1.I. The van der Waals surface area contributed by atoms with Crippen molar-refractivity contribution in [2.45, 2.75) is 53.0 Å². The van der Waals surface area contributed by atoms with Gasteiger partial charge < -0.3 is 15.5 Å². The number of amides is 1. The smallest absolute Gasteiger partial charge is 0.226 e. The minimum Gasteiger partial charge on any atom is -0.357 e. The van der Waals surface area contributed by atoms with E-state index in [1.807, 2.05) is 38.1 Å². The summed E-state index contributed by atoms with van der Waals surface area (Å²) in [6.45, 7) is 9.73. The zero-order valence-corrected chi connectivity index (χ0v) is 19.1. The number of nitrogens with one attached hydrogen (secondary N) is 2. The van der Waals surface area contributed by atoms with Crippen LogP contribution in [0.5, 0.6) is 0 Å². The zero-order valence-electron chi connectivity index (χ0n) is 16.8. The van der Waals surface area contributed by atoms with Gasteiger partial charge in [0.2, 0.25) is 5.91 Å². The summed E-state index contributed by atoms with van der Waals surface area (Å²) in [6.07, 6.45) is 5.46. The fraction of sp³-hybridized carbons (Fsp3) is 0.619. The summed E-state index contributed by atoms with van der Waals surface area (Å²) in [6, 6.07) is 8.00. The minimum absolute atomic E-state index is 0. The number of rotatable bonds is 5. The molecule has 1 aromatic rings. The Bertz CT molecular complexity index is 653. The van der Waals surface area contributed by atoms with Gasteiger partial charge in [0, 0.05) is 31.2 Å². The highest BCUT2D eigenvalue weighted by atomic mass is 127. The normalized spacial score (nSPS) is 18.2. The molecule has 2 aliphatic rings. The fourth-order valence-electron chi connectivity index (χ4n) is 3.77. The molecular formula is C21H33IN4O. The second kappa shape index (κ2) is 9.75. The van der Waals surface area contributed by atoms with Crippen LogP contribution in [0.2, 0.25) is 0 Å².